The van der Waals surface area contributed by atoms with Crippen molar-refractivity contribution in [1.29, 1.82) is 0 Å². The number of hydrogen-bond donors (Lipinski definition) is 1. The van der Waals surface area contributed by atoms with Crippen LogP contribution in [0.15, 0.2) is 42.5 Å². The summed E-state index contributed by atoms with van der Waals surface area (Å²) < 4.78 is 17.7. The molecule has 4 heteroatoms. The first kappa shape index (κ1) is 21.1. The van der Waals surface area contributed by atoms with Crippen LogP contribution in [0.1, 0.15) is 51.0 Å². The molecule has 0 aromatic heterocycles. The fourth-order valence-electron chi connectivity index (χ4n) is 3.46. The molecule has 4 atom stereocenters. The molecule has 146 valence electrons. The number of methoxy groups -OCH3 is 1. The molecule has 1 aromatic carbocycles. The molecule has 1 N–H and O–H groups in total. The Morgan fingerprint density at radius 3 is 2.73 bits per heavy atom. The van der Waals surface area contributed by atoms with Gasteiger partial charge in [-0.3, -0.25) is 0 Å². The first-order valence-electron chi connectivity index (χ1n) is 9.81. The monoisotopic (exact) mass is 362 g/mol. The van der Waals surface area contributed by atoms with Crippen molar-refractivity contribution in [2.24, 2.45) is 0 Å². The Labute approximate surface area is 158 Å². The highest BCUT2D eigenvalue weighted by molar-refractivity contribution is 5.13. The van der Waals surface area contributed by atoms with E-state index in [1.165, 1.54) is 0 Å². The van der Waals surface area contributed by atoms with E-state index in [1.54, 1.807) is 7.11 Å². The van der Waals surface area contributed by atoms with Crippen LogP contribution in [0.25, 0.3) is 0 Å². The fraction of sp³-hybridized carbons (Fsp3) is 0.636. The molecule has 0 spiro atoms. The lowest BCUT2D eigenvalue weighted by atomic mass is 9.93. The molecule has 0 bridgehead atoms. The summed E-state index contributed by atoms with van der Waals surface area (Å²) in [7, 11) is 1.72. The van der Waals surface area contributed by atoms with Gasteiger partial charge in [0, 0.05) is 13.7 Å². The molecule has 4 nitrogen and oxygen atoms in total. The number of unbranched alkanes of at least 4 members (excludes halogenated alkanes) is 1. The standard InChI is InChI=1S/C22H34O4/c1-4-5-13-20(26-16-18-10-7-6-8-11-18)21(24-3)15-17(2)22-19(23)12-9-14-25-22/h6-8,10-11,19-23H,2,4-5,9,12-16H2,1,3H3/t19-,20-,21-,22+/m1/s1. The molecule has 1 aliphatic rings. The third-order valence-electron chi connectivity index (χ3n) is 5.02. The average Bonchev–Trinajstić information content (AvgIpc) is 2.67. The van der Waals surface area contributed by atoms with Gasteiger partial charge in [-0.1, -0.05) is 56.7 Å². The normalized spacial score (nSPS) is 22.7. The molecular formula is C22H34O4. The molecule has 1 heterocycles. The fourth-order valence-corrected chi connectivity index (χ4v) is 3.46. The lowest BCUT2D eigenvalue weighted by Gasteiger charge is -2.33. The van der Waals surface area contributed by atoms with Gasteiger partial charge in [-0.05, 0) is 36.8 Å². The van der Waals surface area contributed by atoms with Gasteiger partial charge < -0.3 is 19.3 Å². The minimum absolute atomic E-state index is 0.00219. The SMILES string of the molecule is C=C(C[C@@H](OC)[C@@H](CCCC)OCc1ccccc1)[C@@H]1OCCC[C@H]1O. The second kappa shape index (κ2) is 11.5. The summed E-state index contributed by atoms with van der Waals surface area (Å²) in [6, 6.07) is 10.2. The maximum Gasteiger partial charge on any atom is 0.104 e. The zero-order valence-electron chi connectivity index (χ0n) is 16.2. The molecule has 0 amide bonds. The Morgan fingerprint density at radius 2 is 2.08 bits per heavy atom. The number of hydrogen-bond acceptors (Lipinski definition) is 4. The maximum atomic E-state index is 10.2. The minimum atomic E-state index is -0.465. The Balaban J connectivity index is 1.96. The first-order chi connectivity index (χ1) is 12.7. The van der Waals surface area contributed by atoms with Crippen LogP contribution in [0, 0.1) is 0 Å². The highest BCUT2D eigenvalue weighted by Gasteiger charge is 2.30. The van der Waals surface area contributed by atoms with Gasteiger partial charge in [0.05, 0.1) is 24.9 Å². The van der Waals surface area contributed by atoms with Crippen molar-refractivity contribution in [3.63, 3.8) is 0 Å². The summed E-state index contributed by atoms with van der Waals surface area (Å²) in [5.74, 6) is 0. The molecule has 0 aliphatic carbocycles. The van der Waals surface area contributed by atoms with Crippen molar-refractivity contribution < 1.29 is 19.3 Å². The van der Waals surface area contributed by atoms with E-state index in [2.05, 4.69) is 25.6 Å². The van der Waals surface area contributed by atoms with Crippen molar-refractivity contribution in [2.45, 2.75) is 76.5 Å². The molecule has 0 unspecified atom stereocenters. The van der Waals surface area contributed by atoms with Crippen molar-refractivity contribution in [2.75, 3.05) is 13.7 Å². The molecule has 0 radical (unpaired) electrons. The van der Waals surface area contributed by atoms with Gasteiger partial charge in [-0.25, -0.2) is 0 Å². The van der Waals surface area contributed by atoms with E-state index in [-0.39, 0.29) is 18.3 Å². The van der Waals surface area contributed by atoms with Crippen LogP contribution in [0.3, 0.4) is 0 Å². The summed E-state index contributed by atoms with van der Waals surface area (Å²) in [6.45, 7) is 7.61. The maximum absolute atomic E-state index is 10.2. The lowest BCUT2D eigenvalue weighted by molar-refractivity contribution is -0.0799. The highest BCUT2D eigenvalue weighted by Crippen LogP contribution is 2.26. The van der Waals surface area contributed by atoms with Crippen molar-refractivity contribution in [3.8, 4) is 0 Å². The lowest BCUT2D eigenvalue weighted by Crippen LogP contribution is -2.38. The summed E-state index contributed by atoms with van der Waals surface area (Å²) in [5, 5.41) is 10.2. The Bertz CT molecular complexity index is 516. The number of aliphatic hydroxyl groups excluding tert-OH is 1. The predicted octanol–water partition coefficient (Wildman–Crippen LogP) is 4.26. The topological polar surface area (TPSA) is 47.9 Å². The Morgan fingerprint density at radius 1 is 1.31 bits per heavy atom. The average molecular weight is 363 g/mol. The van der Waals surface area contributed by atoms with E-state index in [9.17, 15) is 5.11 Å². The van der Waals surface area contributed by atoms with Gasteiger partial charge in [0.1, 0.15) is 6.10 Å². The van der Waals surface area contributed by atoms with E-state index in [4.69, 9.17) is 14.2 Å². The van der Waals surface area contributed by atoms with Crippen molar-refractivity contribution in [3.05, 3.63) is 48.0 Å². The first-order valence-corrected chi connectivity index (χ1v) is 9.81. The molecule has 1 aliphatic heterocycles. The van der Waals surface area contributed by atoms with Crippen LogP contribution >= 0.6 is 0 Å². The highest BCUT2D eigenvalue weighted by atomic mass is 16.5. The van der Waals surface area contributed by atoms with Gasteiger partial charge in [0.15, 0.2) is 0 Å². The van der Waals surface area contributed by atoms with Crippen molar-refractivity contribution in [1.82, 2.24) is 0 Å². The van der Waals surface area contributed by atoms with Gasteiger partial charge in [-0.15, -0.1) is 0 Å². The summed E-state index contributed by atoms with van der Waals surface area (Å²) in [6.07, 6.45) is 4.62. The van der Waals surface area contributed by atoms with Gasteiger partial charge in [0.2, 0.25) is 0 Å². The quantitative estimate of drug-likeness (QED) is 0.598. The minimum Gasteiger partial charge on any atom is -0.390 e. The zero-order chi connectivity index (χ0) is 18.8. The number of benzene rings is 1. The zero-order valence-corrected chi connectivity index (χ0v) is 16.2. The van der Waals surface area contributed by atoms with E-state index >= 15 is 0 Å². The summed E-state index contributed by atoms with van der Waals surface area (Å²) in [4.78, 5) is 0. The van der Waals surface area contributed by atoms with Crippen LogP contribution in [-0.2, 0) is 20.8 Å². The molecule has 1 fully saturated rings. The second-order valence-electron chi connectivity index (χ2n) is 7.11. The Hall–Kier alpha value is -1.20. The molecule has 26 heavy (non-hydrogen) atoms. The smallest absolute Gasteiger partial charge is 0.104 e. The molecule has 1 saturated heterocycles. The van der Waals surface area contributed by atoms with Gasteiger partial charge in [0.25, 0.3) is 0 Å². The molecule has 0 saturated carbocycles. The Kier molecular flexibility index (Phi) is 9.33. The van der Waals surface area contributed by atoms with Crippen LogP contribution in [0.5, 0.6) is 0 Å². The van der Waals surface area contributed by atoms with E-state index in [0.29, 0.717) is 19.6 Å². The number of aliphatic hydroxyl groups is 1. The van der Waals surface area contributed by atoms with E-state index in [0.717, 1.165) is 43.2 Å². The van der Waals surface area contributed by atoms with Crippen LogP contribution in [0.2, 0.25) is 0 Å². The third kappa shape index (κ3) is 6.51. The van der Waals surface area contributed by atoms with Gasteiger partial charge in [-0.2, -0.15) is 0 Å². The van der Waals surface area contributed by atoms with Gasteiger partial charge >= 0.3 is 0 Å². The summed E-state index contributed by atoms with van der Waals surface area (Å²) in [5.41, 5.74) is 2.06. The second-order valence-corrected chi connectivity index (χ2v) is 7.11. The molecule has 1 aromatic rings. The largest absolute Gasteiger partial charge is 0.390 e. The van der Waals surface area contributed by atoms with E-state index in [1.807, 2.05) is 18.2 Å². The number of rotatable bonds is 11. The number of ether oxygens (including phenoxy) is 3. The van der Waals surface area contributed by atoms with Crippen LogP contribution < -0.4 is 0 Å². The molecule has 2 rings (SSSR count). The third-order valence-corrected chi connectivity index (χ3v) is 5.02. The van der Waals surface area contributed by atoms with Crippen LogP contribution in [0.4, 0.5) is 0 Å². The summed E-state index contributed by atoms with van der Waals surface area (Å²) >= 11 is 0. The molecular weight excluding hydrogens is 328 g/mol. The van der Waals surface area contributed by atoms with Crippen molar-refractivity contribution >= 4 is 0 Å². The van der Waals surface area contributed by atoms with Crippen LogP contribution in [-0.4, -0.2) is 43.2 Å². The predicted molar refractivity (Wildman–Crippen MR) is 104 cm³/mol. The van der Waals surface area contributed by atoms with E-state index < -0.39 is 6.10 Å².